The molecule has 2 aromatic carbocycles. The summed E-state index contributed by atoms with van der Waals surface area (Å²) in [7, 11) is 1.60. The molecular weight excluding hydrogens is 376 g/mol. The fraction of sp³-hybridized carbons (Fsp3) is 0.182. The standard InChI is InChI=1S/C22H21ClN2O3/c1-27-21-11-16(12-24-14-19(26)18-5-3-2-4-6-18)7-9-20(21)28-15-17-8-10-22(23)25-13-17/h2-11,13,24H,12,14-15H2,1H3. The summed E-state index contributed by atoms with van der Waals surface area (Å²) in [6.07, 6.45) is 1.68. The summed E-state index contributed by atoms with van der Waals surface area (Å²) in [5, 5.41) is 3.62. The minimum Gasteiger partial charge on any atom is -0.493 e. The quantitative estimate of drug-likeness (QED) is 0.431. The van der Waals surface area contributed by atoms with Crippen molar-refractivity contribution in [2.75, 3.05) is 13.7 Å². The summed E-state index contributed by atoms with van der Waals surface area (Å²) in [6.45, 7) is 1.19. The second-order valence-electron chi connectivity index (χ2n) is 6.16. The molecule has 0 saturated heterocycles. The Morgan fingerprint density at radius 1 is 1.04 bits per heavy atom. The van der Waals surface area contributed by atoms with Gasteiger partial charge < -0.3 is 14.8 Å². The highest BCUT2D eigenvalue weighted by atomic mass is 35.5. The van der Waals surface area contributed by atoms with Crippen LogP contribution < -0.4 is 14.8 Å². The number of Topliss-reactive ketones (excluding diaryl/α,β-unsaturated/α-hetero) is 1. The number of benzene rings is 2. The van der Waals surface area contributed by atoms with Gasteiger partial charge in [0.25, 0.3) is 0 Å². The predicted molar refractivity (Wildman–Crippen MR) is 109 cm³/mol. The number of hydrogen-bond acceptors (Lipinski definition) is 5. The van der Waals surface area contributed by atoms with Crippen molar-refractivity contribution in [3.05, 3.63) is 88.7 Å². The van der Waals surface area contributed by atoms with Crippen LogP contribution in [0.2, 0.25) is 5.15 Å². The first-order chi connectivity index (χ1) is 13.7. The molecule has 28 heavy (non-hydrogen) atoms. The molecule has 0 spiro atoms. The van der Waals surface area contributed by atoms with Gasteiger partial charge in [0.05, 0.1) is 13.7 Å². The smallest absolute Gasteiger partial charge is 0.176 e. The summed E-state index contributed by atoms with van der Waals surface area (Å²) in [5.41, 5.74) is 2.61. The van der Waals surface area contributed by atoms with E-state index in [1.807, 2.05) is 54.6 Å². The number of nitrogens with zero attached hydrogens (tertiary/aromatic N) is 1. The summed E-state index contributed by atoms with van der Waals surface area (Å²) in [5.74, 6) is 1.33. The zero-order valence-corrected chi connectivity index (χ0v) is 16.3. The molecular formula is C22H21ClN2O3. The van der Waals surface area contributed by atoms with E-state index in [1.165, 1.54) is 0 Å². The Kier molecular flexibility index (Phi) is 7.00. The van der Waals surface area contributed by atoms with Crippen molar-refractivity contribution < 1.29 is 14.3 Å². The first-order valence-electron chi connectivity index (χ1n) is 8.85. The number of carbonyl (C=O) groups is 1. The lowest BCUT2D eigenvalue weighted by Gasteiger charge is -2.12. The first kappa shape index (κ1) is 19.9. The monoisotopic (exact) mass is 396 g/mol. The Balaban J connectivity index is 1.55. The lowest BCUT2D eigenvalue weighted by Crippen LogP contribution is -2.22. The third-order valence-electron chi connectivity index (χ3n) is 4.12. The van der Waals surface area contributed by atoms with E-state index in [-0.39, 0.29) is 12.3 Å². The molecule has 3 rings (SSSR count). The van der Waals surface area contributed by atoms with Crippen molar-refractivity contribution in [1.29, 1.82) is 0 Å². The molecule has 0 saturated carbocycles. The van der Waals surface area contributed by atoms with Gasteiger partial charge in [-0.2, -0.15) is 0 Å². The SMILES string of the molecule is COc1cc(CNCC(=O)c2ccccc2)ccc1OCc1ccc(Cl)nc1. The number of methoxy groups -OCH3 is 1. The lowest BCUT2D eigenvalue weighted by atomic mass is 10.1. The average molecular weight is 397 g/mol. The number of carbonyl (C=O) groups excluding carboxylic acids is 1. The molecule has 1 N–H and O–H groups in total. The van der Waals surface area contributed by atoms with Crippen molar-refractivity contribution in [2.45, 2.75) is 13.2 Å². The summed E-state index contributed by atoms with van der Waals surface area (Å²) < 4.78 is 11.3. The first-order valence-corrected chi connectivity index (χ1v) is 9.22. The number of hydrogen-bond donors (Lipinski definition) is 1. The molecule has 0 unspecified atom stereocenters. The number of rotatable bonds is 9. The highest BCUT2D eigenvalue weighted by Gasteiger charge is 2.08. The summed E-state index contributed by atoms with van der Waals surface area (Å²) in [4.78, 5) is 16.2. The van der Waals surface area contributed by atoms with Crippen LogP contribution in [0.15, 0.2) is 66.9 Å². The van der Waals surface area contributed by atoms with Gasteiger partial charge in [0.1, 0.15) is 11.8 Å². The third-order valence-corrected chi connectivity index (χ3v) is 4.35. The molecule has 0 bridgehead atoms. The molecule has 0 aliphatic rings. The van der Waals surface area contributed by atoms with E-state index >= 15 is 0 Å². The summed E-state index contributed by atoms with van der Waals surface area (Å²) >= 11 is 5.79. The van der Waals surface area contributed by atoms with E-state index in [0.29, 0.717) is 35.4 Å². The predicted octanol–water partition coefficient (Wildman–Crippen LogP) is 4.30. The van der Waals surface area contributed by atoms with Crippen molar-refractivity contribution >= 4 is 17.4 Å². The number of ether oxygens (including phenoxy) is 2. The molecule has 1 heterocycles. The van der Waals surface area contributed by atoms with Gasteiger partial charge in [-0.25, -0.2) is 4.98 Å². The Labute approximate surface area is 169 Å². The van der Waals surface area contributed by atoms with Crippen LogP contribution in [-0.2, 0) is 13.2 Å². The van der Waals surface area contributed by atoms with E-state index in [9.17, 15) is 4.79 Å². The second kappa shape index (κ2) is 9.88. The molecule has 0 aliphatic heterocycles. The molecule has 0 fully saturated rings. The fourth-order valence-corrected chi connectivity index (χ4v) is 2.75. The van der Waals surface area contributed by atoms with Crippen LogP contribution in [0, 0.1) is 0 Å². The maximum Gasteiger partial charge on any atom is 0.176 e. The lowest BCUT2D eigenvalue weighted by molar-refractivity contribution is 0.0991. The fourth-order valence-electron chi connectivity index (χ4n) is 2.64. The van der Waals surface area contributed by atoms with Crippen molar-refractivity contribution in [2.24, 2.45) is 0 Å². The Bertz CT molecular complexity index is 915. The maximum absolute atomic E-state index is 12.1. The second-order valence-corrected chi connectivity index (χ2v) is 6.54. The zero-order chi connectivity index (χ0) is 19.8. The van der Waals surface area contributed by atoms with Gasteiger partial charge in [-0.15, -0.1) is 0 Å². The average Bonchev–Trinajstić information content (AvgIpc) is 2.74. The highest BCUT2D eigenvalue weighted by molar-refractivity contribution is 6.29. The van der Waals surface area contributed by atoms with Gasteiger partial charge >= 0.3 is 0 Å². The molecule has 0 aliphatic carbocycles. The van der Waals surface area contributed by atoms with Crippen molar-refractivity contribution in [3.8, 4) is 11.5 Å². The molecule has 1 aromatic heterocycles. The van der Waals surface area contributed by atoms with E-state index in [4.69, 9.17) is 21.1 Å². The Hall–Kier alpha value is -2.89. The Morgan fingerprint density at radius 3 is 2.54 bits per heavy atom. The molecule has 144 valence electrons. The van der Waals surface area contributed by atoms with Crippen LogP contribution in [0.1, 0.15) is 21.5 Å². The van der Waals surface area contributed by atoms with Gasteiger partial charge in [0.2, 0.25) is 0 Å². The van der Waals surface area contributed by atoms with Crippen molar-refractivity contribution in [1.82, 2.24) is 10.3 Å². The number of aromatic nitrogens is 1. The van der Waals surface area contributed by atoms with Gasteiger partial charge in [0, 0.05) is 23.9 Å². The number of nitrogens with one attached hydrogen (secondary N) is 1. The maximum atomic E-state index is 12.1. The van der Waals surface area contributed by atoms with Crippen molar-refractivity contribution in [3.63, 3.8) is 0 Å². The van der Waals surface area contributed by atoms with Crippen LogP contribution in [0.4, 0.5) is 0 Å². The molecule has 0 amide bonds. The van der Waals surface area contributed by atoms with Crippen LogP contribution in [-0.4, -0.2) is 24.4 Å². The van der Waals surface area contributed by atoms with Crippen LogP contribution in [0.3, 0.4) is 0 Å². The van der Waals surface area contributed by atoms with Crippen LogP contribution in [0.25, 0.3) is 0 Å². The molecule has 5 nitrogen and oxygen atoms in total. The number of ketones is 1. The normalized spacial score (nSPS) is 10.5. The number of halogens is 1. The highest BCUT2D eigenvalue weighted by Crippen LogP contribution is 2.28. The molecule has 0 radical (unpaired) electrons. The van der Waals surface area contributed by atoms with Gasteiger partial charge in [-0.1, -0.05) is 54.1 Å². The van der Waals surface area contributed by atoms with Gasteiger partial charge in [-0.3, -0.25) is 4.79 Å². The zero-order valence-electron chi connectivity index (χ0n) is 15.5. The topological polar surface area (TPSA) is 60.5 Å². The largest absolute Gasteiger partial charge is 0.493 e. The molecule has 3 aromatic rings. The summed E-state index contributed by atoms with van der Waals surface area (Å²) in [6, 6.07) is 18.5. The number of pyridine rings is 1. The minimum atomic E-state index is 0.0593. The van der Waals surface area contributed by atoms with E-state index in [0.717, 1.165) is 11.1 Å². The molecule has 6 heteroatoms. The van der Waals surface area contributed by atoms with E-state index in [1.54, 1.807) is 19.4 Å². The Morgan fingerprint density at radius 2 is 1.82 bits per heavy atom. The van der Waals surface area contributed by atoms with E-state index < -0.39 is 0 Å². The minimum absolute atomic E-state index is 0.0593. The van der Waals surface area contributed by atoms with Gasteiger partial charge in [-0.05, 0) is 23.8 Å². The van der Waals surface area contributed by atoms with Crippen LogP contribution >= 0.6 is 11.6 Å². The van der Waals surface area contributed by atoms with Gasteiger partial charge in [0.15, 0.2) is 17.3 Å². The third kappa shape index (κ3) is 5.55. The van der Waals surface area contributed by atoms with Crippen LogP contribution in [0.5, 0.6) is 11.5 Å². The molecule has 0 atom stereocenters. The van der Waals surface area contributed by atoms with E-state index in [2.05, 4.69) is 10.3 Å².